The van der Waals surface area contributed by atoms with Crippen molar-refractivity contribution in [2.45, 2.75) is 0 Å². The summed E-state index contributed by atoms with van der Waals surface area (Å²) in [5, 5.41) is 2.11. The van der Waals surface area contributed by atoms with Gasteiger partial charge in [-0.05, 0) is 106 Å². The highest BCUT2D eigenvalue weighted by molar-refractivity contribution is 6.05. The van der Waals surface area contributed by atoms with Crippen molar-refractivity contribution in [1.82, 2.24) is 19.9 Å². The molecule has 0 saturated heterocycles. The van der Waals surface area contributed by atoms with E-state index in [9.17, 15) is 0 Å². The van der Waals surface area contributed by atoms with Crippen LogP contribution in [0, 0.1) is 0 Å². The van der Waals surface area contributed by atoms with Crippen LogP contribution in [0.15, 0.2) is 187 Å². The zero-order valence-electron chi connectivity index (χ0n) is 30.3. The van der Waals surface area contributed by atoms with Crippen molar-refractivity contribution >= 4 is 21.9 Å². The van der Waals surface area contributed by atoms with Gasteiger partial charge in [0.2, 0.25) is 0 Å². The number of furan rings is 1. The number of fused-ring (bicyclic) bond motifs is 5. The fraction of sp³-hybridized carbons (Fsp3) is 0. The van der Waals surface area contributed by atoms with E-state index in [1.807, 2.05) is 116 Å². The van der Waals surface area contributed by atoms with Crippen LogP contribution in [0.4, 0.5) is 0 Å². The molecule has 3 aromatic heterocycles. The van der Waals surface area contributed by atoms with Gasteiger partial charge in [0.15, 0.2) is 40.5 Å². The lowest BCUT2D eigenvalue weighted by atomic mass is 9.94. The van der Waals surface area contributed by atoms with Crippen LogP contribution in [-0.2, 0) is 0 Å². The van der Waals surface area contributed by atoms with Crippen molar-refractivity contribution in [2.75, 3.05) is 0 Å². The molecular weight excluding hydrogens is 705 g/mol. The molecule has 0 unspecified atom stereocenters. The summed E-state index contributed by atoms with van der Waals surface area (Å²) in [6, 6.07) is 57.1. The van der Waals surface area contributed by atoms with E-state index in [1.54, 1.807) is 0 Å². The van der Waals surface area contributed by atoms with Gasteiger partial charge >= 0.3 is 0 Å². The Morgan fingerprint density at radius 1 is 0.298 bits per heavy atom. The Kier molecular flexibility index (Phi) is 7.67. The van der Waals surface area contributed by atoms with Gasteiger partial charge in [-0.15, -0.1) is 0 Å². The molecule has 0 spiro atoms. The van der Waals surface area contributed by atoms with Gasteiger partial charge < -0.3 is 13.9 Å². The molecule has 4 heterocycles. The third-order valence-electron chi connectivity index (χ3n) is 10.3. The van der Waals surface area contributed by atoms with Crippen LogP contribution in [0.2, 0.25) is 0 Å². The van der Waals surface area contributed by atoms with Crippen LogP contribution in [0.25, 0.3) is 89.5 Å². The van der Waals surface area contributed by atoms with Crippen LogP contribution in [0.1, 0.15) is 0 Å². The molecule has 10 aromatic rings. The first kappa shape index (κ1) is 32.5. The van der Waals surface area contributed by atoms with Crippen molar-refractivity contribution in [3.05, 3.63) is 182 Å². The van der Waals surface area contributed by atoms with Crippen LogP contribution >= 0.6 is 0 Å². The third kappa shape index (κ3) is 6.04. The minimum absolute atomic E-state index is 0.548. The van der Waals surface area contributed by atoms with E-state index in [0.29, 0.717) is 40.5 Å². The molecule has 0 bridgehead atoms. The summed E-state index contributed by atoms with van der Waals surface area (Å²) in [5.74, 6) is 4.35. The second kappa shape index (κ2) is 13.4. The molecule has 1 aliphatic heterocycles. The molecule has 0 radical (unpaired) electrons. The summed E-state index contributed by atoms with van der Waals surface area (Å²) in [4.78, 5) is 19.5. The fourth-order valence-corrected chi connectivity index (χ4v) is 7.41. The second-order valence-corrected chi connectivity index (χ2v) is 13.9. The van der Waals surface area contributed by atoms with Crippen LogP contribution in [0.3, 0.4) is 0 Å². The van der Waals surface area contributed by atoms with Crippen molar-refractivity contribution in [3.8, 4) is 90.5 Å². The van der Waals surface area contributed by atoms with Crippen molar-refractivity contribution in [3.63, 3.8) is 0 Å². The lowest BCUT2D eigenvalue weighted by molar-refractivity contribution is 0.360. The van der Waals surface area contributed by atoms with E-state index < -0.39 is 0 Å². The molecule has 0 amide bonds. The molecule has 0 saturated carbocycles. The minimum atomic E-state index is 0.548. The predicted molar refractivity (Wildman–Crippen MR) is 224 cm³/mol. The normalized spacial score (nSPS) is 11.8. The highest BCUT2D eigenvalue weighted by Gasteiger charge is 2.21. The molecular formula is C50H30N4O3. The maximum absolute atomic E-state index is 6.33. The lowest BCUT2D eigenvalue weighted by Gasteiger charge is -2.21. The number of pyridine rings is 1. The largest absolute Gasteiger partial charge is 0.456 e. The maximum atomic E-state index is 6.33. The molecule has 7 nitrogen and oxygen atoms in total. The number of para-hydroxylation sites is 3. The van der Waals surface area contributed by atoms with Gasteiger partial charge in [-0.1, -0.05) is 97.1 Å². The van der Waals surface area contributed by atoms with Gasteiger partial charge in [-0.3, -0.25) is 4.98 Å². The summed E-state index contributed by atoms with van der Waals surface area (Å²) in [7, 11) is 0. The summed E-state index contributed by atoms with van der Waals surface area (Å²) >= 11 is 0. The van der Waals surface area contributed by atoms with Gasteiger partial charge in [0.05, 0.1) is 0 Å². The second-order valence-electron chi connectivity index (χ2n) is 13.9. The number of aromatic nitrogens is 4. The Hall–Kier alpha value is -7.90. The summed E-state index contributed by atoms with van der Waals surface area (Å²) in [5.41, 5.74) is 10.4. The molecule has 57 heavy (non-hydrogen) atoms. The molecule has 268 valence electrons. The van der Waals surface area contributed by atoms with Gasteiger partial charge in [0, 0.05) is 39.9 Å². The molecule has 11 rings (SSSR count). The maximum Gasteiger partial charge on any atom is 0.170 e. The van der Waals surface area contributed by atoms with Crippen molar-refractivity contribution in [2.24, 2.45) is 0 Å². The van der Waals surface area contributed by atoms with Crippen LogP contribution < -0.4 is 9.47 Å². The first-order valence-corrected chi connectivity index (χ1v) is 18.7. The zero-order valence-corrected chi connectivity index (χ0v) is 30.3. The van der Waals surface area contributed by atoms with Crippen LogP contribution in [0.5, 0.6) is 23.0 Å². The monoisotopic (exact) mass is 734 g/mol. The Balaban J connectivity index is 1.08. The predicted octanol–water partition coefficient (Wildman–Crippen LogP) is 13.1. The molecule has 0 N–H and O–H groups in total. The topological polar surface area (TPSA) is 83.2 Å². The van der Waals surface area contributed by atoms with Gasteiger partial charge in [-0.2, -0.15) is 0 Å². The van der Waals surface area contributed by atoms with Crippen molar-refractivity contribution < 1.29 is 13.9 Å². The number of hydrogen-bond acceptors (Lipinski definition) is 7. The average molecular weight is 735 g/mol. The highest BCUT2D eigenvalue weighted by atomic mass is 16.6. The van der Waals surface area contributed by atoms with Crippen LogP contribution in [-0.4, -0.2) is 19.9 Å². The standard InChI is InChI=1S/C50H30N4O3/c1-2-8-34(9-3-1)48-52-49(36-18-20-41-40-10-4-5-11-42(40)55-46(41)30-36)54-50(53-48)39-27-37(32-16-14-31(15-17-32)33-22-24-51-25-23-33)26-38(28-39)35-19-21-45-47(29-35)57-44-13-7-6-12-43(44)56-45/h1-30H. The first-order chi connectivity index (χ1) is 28.2. The van der Waals surface area contributed by atoms with Gasteiger partial charge in [0.25, 0.3) is 0 Å². The van der Waals surface area contributed by atoms with E-state index in [-0.39, 0.29) is 0 Å². The van der Waals surface area contributed by atoms with E-state index in [2.05, 4.69) is 71.7 Å². The van der Waals surface area contributed by atoms with Gasteiger partial charge in [-0.25, -0.2) is 15.0 Å². The molecule has 0 fully saturated rings. The van der Waals surface area contributed by atoms with E-state index in [1.165, 1.54) is 0 Å². The first-order valence-electron chi connectivity index (χ1n) is 18.7. The number of rotatable bonds is 6. The fourth-order valence-electron chi connectivity index (χ4n) is 7.41. The molecule has 7 aromatic carbocycles. The molecule has 0 atom stereocenters. The lowest BCUT2D eigenvalue weighted by Crippen LogP contribution is -2.01. The van der Waals surface area contributed by atoms with E-state index in [0.717, 1.165) is 72.0 Å². The summed E-state index contributed by atoms with van der Waals surface area (Å²) < 4.78 is 18.8. The minimum Gasteiger partial charge on any atom is -0.456 e. The van der Waals surface area contributed by atoms with Gasteiger partial charge in [0.1, 0.15) is 11.2 Å². The Labute approximate surface area is 327 Å². The Bertz CT molecular complexity index is 3130. The van der Waals surface area contributed by atoms with Crippen molar-refractivity contribution in [1.29, 1.82) is 0 Å². The molecule has 7 heteroatoms. The summed E-state index contributed by atoms with van der Waals surface area (Å²) in [6.07, 6.45) is 3.62. The Morgan fingerprint density at radius 3 is 1.60 bits per heavy atom. The number of hydrogen-bond donors (Lipinski definition) is 0. The highest BCUT2D eigenvalue weighted by Crippen LogP contribution is 2.47. The van der Waals surface area contributed by atoms with E-state index >= 15 is 0 Å². The number of benzene rings is 7. The summed E-state index contributed by atoms with van der Waals surface area (Å²) in [6.45, 7) is 0. The zero-order chi connectivity index (χ0) is 37.7. The van der Waals surface area contributed by atoms with E-state index in [4.69, 9.17) is 28.8 Å². The smallest absolute Gasteiger partial charge is 0.170 e. The molecule has 1 aliphatic rings. The SMILES string of the molecule is c1ccc(-c2nc(-c3cc(-c4ccc(-c5ccncc5)cc4)cc(-c4ccc5c(c4)Oc4ccccc4O5)c3)nc(-c3ccc4c(c3)oc3ccccc34)n2)cc1. The Morgan fingerprint density at radius 2 is 0.825 bits per heavy atom. The third-order valence-corrected chi connectivity index (χ3v) is 10.3. The number of nitrogens with zero attached hydrogens (tertiary/aromatic N) is 4. The number of ether oxygens (including phenoxy) is 2. The quantitative estimate of drug-likeness (QED) is 0.168. The average Bonchev–Trinajstić information content (AvgIpc) is 3.66. The molecule has 0 aliphatic carbocycles.